The molecule has 0 spiro atoms. The van der Waals surface area contributed by atoms with Gasteiger partial charge in [0.05, 0.1) is 0 Å². The number of hydrogen-bond donors (Lipinski definition) is 2. The molecule has 0 bridgehead atoms. The first-order valence-electron chi connectivity index (χ1n) is 10.5. The molecule has 156 valence electrons. The van der Waals surface area contributed by atoms with Gasteiger partial charge in [-0.25, -0.2) is 0 Å². The Morgan fingerprint density at radius 2 is 1.89 bits per heavy atom. The maximum absolute atomic E-state index is 5.67. The highest BCUT2D eigenvalue weighted by molar-refractivity contribution is 5.40. The fraction of sp³-hybridized carbons (Fsp3) is 0.762. The molecule has 2 N–H and O–H groups in total. The van der Waals surface area contributed by atoms with Crippen molar-refractivity contribution in [1.82, 2.24) is 20.3 Å². The number of rotatable bonds is 6. The van der Waals surface area contributed by atoms with E-state index in [0.29, 0.717) is 30.4 Å². The summed E-state index contributed by atoms with van der Waals surface area (Å²) in [5, 5.41) is 7.37. The molecule has 2 saturated heterocycles. The number of hydrogen-bond acceptors (Lipinski definition) is 7. The maximum atomic E-state index is 5.67. The van der Waals surface area contributed by atoms with Crippen molar-refractivity contribution in [2.45, 2.75) is 77.4 Å². The third kappa shape index (κ3) is 4.93. The van der Waals surface area contributed by atoms with Crippen LogP contribution < -0.4 is 20.3 Å². The fourth-order valence-corrected chi connectivity index (χ4v) is 4.45. The lowest BCUT2D eigenvalue weighted by molar-refractivity contribution is 0.110. The van der Waals surface area contributed by atoms with Crippen LogP contribution in [0.4, 0.5) is 11.9 Å². The molecule has 2 aliphatic heterocycles. The van der Waals surface area contributed by atoms with Crippen molar-refractivity contribution in [1.29, 1.82) is 0 Å². The summed E-state index contributed by atoms with van der Waals surface area (Å²) in [7, 11) is 0. The lowest BCUT2D eigenvalue weighted by atomic mass is 9.72. The van der Waals surface area contributed by atoms with E-state index >= 15 is 0 Å². The van der Waals surface area contributed by atoms with E-state index in [1.165, 1.54) is 19.3 Å². The molecule has 0 saturated carbocycles. The summed E-state index contributed by atoms with van der Waals surface area (Å²) in [6.45, 7) is 17.4. The van der Waals surface area contributed by atoms with Crippen molar-refractivity contribution < 1.29 is 4.74 Å². The minimum Gasteiger partial charge on any atom is -0.459 e. The van der Waals surface area contributed by atoms with E-state index in [1.807, 2.05) is 0 Å². The van der Waals surface area contributed by atoms with Crippen LogP contribution in [0.15, 0.2) is 12.7 Å². The zero-order chi connectivity index (χ0) is 20.4. The van der Waals surface area contributed by atoms with Gasteiger partial charge >= 0.3 is 6.01 Å². The molecule has 0 radical (unpaired) electrons. The third-order valence-electron chi connectivity index (χ3n) is 6.02. The summed E-state index contributed by atoms with van der Waals surface area (Å²) in [5.74, 6) is 1.71. The Labute approximate surface area is 169 Å². The molecule has 7 heteroatoms. The average molecular weight is 389 g/mol. The van der Waals surface area contributed by atoms with Gasteiger partial charge in [0.2, 0.25) is 11.9 Å². The molecular weight excluding hydrogens is 352 g/mol. The van der Waals surface area contributed by atoms with Gasteiger partial charge in [-0.05, 0) is 59.3 Å². The predicted molar refractivity (Wildman–Crippen MR) is 114 cm³/mol. The quantitative estimate of drug-likeness (QED) is 0.724. The molecule has 2 atom stereocenters. The predicted octanol–water partition coefficient (Wildman–Crippen LogP) is 3.39. The van der Waals surface area contributed by atoms with Crippen molar-refractivity contribution in [2.75, 3.05) is 29.9 Å². The second-order valence-electron chi connectivity index (χ2n) is 9.36. The van der Waals surface area contributed by atoms with Gasteiger partial charge in [-0.3, -0.25) is 0 Å². The highest BCUT2D eigenvalue weighted by atomic mass is 16.5. The van der Waals surface area contributed by atoms with Gasteiger partial charge in [0.1, 0.15) is 6.61 Å². The van der Waals surface area contributed by atoms with Gasteiger partial charge in [0.15, 0.2) is 0 Å². The van der Waals surface area contributed by atoms with E-state index in [1.54, 1.807) is 6.08 Å². The fourth-order valence-electron chi connectivity index (χ4n) is 4.45. The smallest absolute Gasteiger partial charge is 0.323 e. The first kappa shape index (κ1) is 20.8. The number of piperidine rings is 2. The van der Waals surface area contributed by atoms with Crippen LogP contribution in [0.2, 0.25) is 0 Å². The molecular formula is C21H36N6O. The molecule has 0 amide bonds. The SMILES string of the molecule is C=CCOc1nc(NC2CC(C)(C)NC(C)(C)C2C)nc(N2CCCCC2)n1. The Kier molecular flexibility index (Phi) is 6.12. The molecule has 2 unspecified atom stereocenters. The van der Waals surface area contributed by atoms with Gasteiger partial charge in [0.25, 0.3) is 0 Å². The Hall–Kier alpha value is -1.89. The molecule has 28 heavy (non-hydrogen) atoms. The van der Waals surface area contributed by atoms with Gasteiger partial charge in [-0.2, -0.15) is 15.0 Å². The molecule has 3 rings (SSSR count). The van der Waals surface area contributed by atoms with Crippen LogP contribution in [0.5, 0.6) is 6.01 Å². The Morgan fingerprint density at radius 3 is 2.57 bits per heavy atom. The molecule has 0 aromatic carbocycles. The average Bonchev–Trinajstić information content (AvgIpc) is 2.64. The van der Waals surface area contributed by atoms with E-state index in [0.717, 1.165) is 19.5 Å². The van der Waals surface area contributed by atoms with E-state index in [2.05, 4.69) is 66.7 Å². The standard InChI is InChI=1S/C21H36N6O/c1-7-13-28-19-24-17(23-18(25-19)27-11-9-8-10-12-27)22-16-14-20(3,4)26-21(5,6)15(16)2/h7,15-16,26H,1,8-14H2,2-6H3,(H,22,23,24,25). The van der Waals surface area contributed by atoms with Crippen LogP contribution in [0.25, 0.3) is 0 Å². The second kappa shape index (κ2) is 8.23. The Bertz CT molecular complexity index is 683. The van der Waals surface area contributed by atoms with Gasteiger partial charge < -0.3 is 20.3 Å². The largest absolute Gasteiger partial charge is 0.459 e. The number of anilines is 2. The normalized spacial score (nSPS) is 26.5. The number of nitrogens with one attached hydrogen (secondary N) is 2. The highest BCUT2D eigenvalue weighted by Gasteiger charge is 2.43. The van der Waals surface area contributed by atoms with Crippen LogP contribution in [0.3, 0.4) is 0 Å². The summed E-state index contributed by atoms with van der Waals surface area (Å²) in [5.41, 5.74) is 0.0584. The summed E-state index contributed by atoms with van der Waals surface area (Å²) >= 11 is 0. The monoisotopic (exact) mass is 388 g/mol. The van der Waals surface area contributed by atoms with Crippen LogP contribution in [0.1, 0.15) is 60.3 Å². The minimum atomic E-state index is 0.0182. The van der Waals surface area contributed by atoms with Crippen LogP contribution >= 0.6 is 0 Å². The van der Waals surface area contributed by atoms with Crippen molar-refractivity contribution in [2.24, 2.45) is 5.92 Å². The van der Waals surface area contributed by atoms with Crippen molar-refractivity contribution >= 4 is 11.9 Å². The molecule has 3 heterocycles. The second-order valence-corrected chi connectivity index (χ2v) is 9.36. The minimum absolute atomic E-state index is 0.0182. The summed E-state index contributed by atoms with van der Waals surface area (Å²) in [6.07, 6.45) is 6.31. The number of ether oxygens (including phenoxy) is 1. The van der Waals surface area contributed by atoms with Crippen LogP contribution in [-0.2, 0) is 0 Å². The highest BCUT2D eigenvalue weighted by Crippen LogP contribution is 2.35. The molecule has 2 fully saturated rings. The van der Waals surface area contributed by atoms with Gasteiger partial charge in [0, 0.05) is 30.2 Å². The Balaban J connectivity index is 1.85. The summed E-state index contributed by atoms with van der Waals surface area (Å²) in [4.78, 5) is 16.1. The molecule has 0 aliphatic carbocycles. The molecule has 1 aromatic heterocycles. The summed E-state index contributed by atoms with van der Waals surface area (Å²) < 4.78 is 5.67. The maximum Gasteiger partial charge on any atom is 0.323 e. The third-order valence-corrected chi connectivity index (χ3v) is 6.02. The lowest BCUT2D eigenvalue weighted by Gasteiger charge is -2.51. The molecule has 2 aliphatic rings. The zero-order valence-corrected chi connectivity index (χ0v) is 18.1. The van der Waals surface area contributed by atoms with Crippen LogP contribution in [0, 0.1) is 5.92 Å². The van der Waals surface area contributed by atoms with Gasteiger partial charge in [-0.1, -0.05) is 19.6 Å². The van der Waals surface area contributed by atoms with Crippen molar-refractivity contribution in [3.8, 4) is 6.01 Å². The topological polar surface area (TPSA) is 75.2 Å². The van der Waals surface area contributed by atoms with E-state index in [9.17, 15) is 0 Å². The molecule has 1 aromatic rings. The first-order chi connectivity index (χ1) is 13.2. The van der Waals surface area contributed by atoms with Gasteiger partial charge in [-0.15, -0.1) is 0 Å². The van der Waals surface area contributed by atoms with Crippen LogP contribution in [-0.4, -0.2) is 51.8 Å². The zero-order valence-electron chi connectivity index (χ0n) is 18.1. The lowest BCUT2D eigenvalue weighted by Crippen LogP contribution is -2.65. The number of nitrogens with zero attached hydrogens (tertiary/aromatic N) is 4. The van der Waals surface area contributed by atoms with Crippen molar-refractivity contribution in [3.63, 3.8) is 0 Å². The van der Waals surface area contributed by atoms with E-state index < -0.39 is 0 Å². The summed E-state index contributed by atoms with van der Waals surface area (Å²) in [6, 6.07) is 0.619. The molecule has 7 nitrogen and oxygen atoms in total. The number of aromatic nitrogens is 3. The van der Waals surface area contributed by atoms with E-state index in [4.69, 9.17) is 9.72 Å². The van der Waals surface area contributed by atoms with Crippen molar-refractivity contribution in [3.05, 3.63) is 12.7 Å². The first-order valence-corrected chi connectivity index (χ1v) is 10.5. The van der Waals surface area contributed by atoms with E-state index in [-0.39, 0.29) is 17.1 Å². The Morgan fingerprint density at radius 1 is 1.18 bits per heavy atom.